The molecule has 0 aliphatic carbocycles. The van der Waals surface area contributed by atoms with E-state index in [1.54, 1.807) is 35.4 Å². The van der Waals surface area contributed by atoms with Crippen LogP contribution >= 0.6 is 0 Å². The van der Waals surface area contributed by atoms with Crippen molar-refractivity contribution in [3.63, 3.8) is 0 Å². The largest absolute Gasteiger partial charge is 0.418 e. The standard InChI is InChI=1S/C15H11F3N2/c16-15(17,18)11-5-1-3-7-13(11)20-10-9-19-12-6-2-4-8-14(12)20/h1-9H,10H2. The van der Waals surface area contributed by atoms with Crippen molar-refractivity contribution in [1.29, 1.82) is 0 Å². The fourth-order valence-electron chi connectivity index (χ4n) is 2.30. The van der Waals surface area contributed by atoms with Gasteiger partial charge in [0.1, 0.15) is 0 Å². The Hall–Kier alpha value is -2.30. The SMILES string of the molecule is FC(F)(F)c1ccccc1N1CC=Nc2ccccc21. The molecule has 2 nitrogen and oxygen atoms in total. The van der Waals surface area contributed by atoms with Crippen LogP contribution in [0, 0.1) is 0 Å². The summed E-state index contributed by atoms with van der Waals surface area (Å²) < 4.78 is 39.4. The molecule has 1 aliphatic rings. The second kappa shape index (κ2) is 4.67. The minimum absolute atomic E-state index is 0.151. The molecule has 0 bridgehead atoms. The van der Waals surface area contributed by atoms with E-state index in [0.717, 1.165) is 6.07 Å². The molecule has 2 aromatic rings. The van der Waals surface area contributed by atoms with E-state index in [-0.39, 0.29) is 5.69 Å². The number of rotatable bonds is 1. The Bertz CT molecular complexity index is 662. The van der Waals surface area contributed by atoms with Crippen LogP contribution < -0.4 is 4.90 Å². The molecule has 0 radical (unpaired) electrons. The summed E-state index contributed by atoms with van der Waals surface area (Å²) in [5.41, 5.74) is 0.881. The van der Waals surface area contributed by atoms with Gasteiger partial charge in [-0.15, -0.1) is 0 Å². The third kappa shape index (κ3) is 2.15. The first-order chi connectivity index (χ1) is 9.57. The van der Waals surface area contributed by atoms with E-state index in [1.807, 2.05) is 6.07 Å². The highest BCUT2D eigenvalue weighted by molar-refractivity contribution is 5.87. The zero-order valence-electron chi connectivity index (χ0n) is 10.4. The molecule has 0 atom stereocenters. The number of alkyl halides is 3. The molecule has 0 unspecified atom stereocenters. The van der Waals surface area contributed by atoms with Crippen LogP contribution in [0.3, 0.4) is 0 Å². The molecule has 1 aliphatic heterocycles. The molecule has 102 valence electrons. The number of para-hydroxylation sites is 3. The first-order valence-corrected chi connectivity index (χ1v) is 6.13. The predicted molar refractivity (Wildman–Crippen MR) is 73.0 cm³/mol. The van der Waals surface area contributed by atoms with Gasteiger partial charge in [0, 0.05) is 6.21 Å². The van der Waals surface area contributed by atoms with Crippen LogP contribution in [0.2, 0.25) is 0 Å². The lowest BCUT2D eigenvalue weighted by Crippen LogP contribution is -2.24. The maximum Gasteiger partial charge on any atom is 0.418 e. The van der Waals surface area contributed by atoms with Crippen LogP contribution in [0.15, 0.2) is 53.5 Å². The first kappa shape index (κ1) is 12.7. The Morgan fingerprint density at radius 1 is 0.900 bits per heavy atom. The number of benzene rings is 2. The summed E-state index contributed by atoms with van der Waals surface area (Å²) in [4.78, 5) is 5.84. The minimum Gasteiger partial charge on any atom is -0.334 e. The van der Waals surface area contributed by atoms with Crippen molar-refractivity contribution < 1.29 is 13.2 Å². The Morgan fingerprint density at radius 3 is 2.30 bits per heavy atom. The summed E-state index contributed by atoms with van der Waals surface area (Å²) in [5, 5.41) is 0. The minimum atomic E-state index is -4.37. The van der Waals surface area contributed by atoms with Gasteiger partial charge in [0.15, 0.2) is 0 Å². The molecule has 0 spiro atoms. The van der Waals surface area contributed by atoms with Gasteiger partial charge in [-0.2, -0.15) is 13.2 Å². The number of halogens is 3. The Labute approximate surface area is 114 Å². The van der Waals surface area contributed by atoms with Gasteiger partial charge in [0.25, 0.3) is 0 Å². The second-order valence-electron chi connectivity index (χ2n) is 4.43. The van der Waals surface area contributed by atoms with Crippen molar-refractivity contribution in [1.82, 2.24) is 0 Å². The molecule has 0 saturated heterocycles. The lowest BCUT2D eigenvalue weighted by atomic mass is 10.1. The van der Waals surface area contributed by atoms with E-state index < -0.39 is 11.7 Å². The summed E-state index contributed by atoms with van der Waals surface area (Å²) in [7, 11) is 0. The molecular formula is C15H11F3N2. The Morgan fingerprint density at radius 2 is 1.55 bits per heavy atom. The summed E-state index contributed by atoms with van der Waals surface area (Å²) >= 11 is 0. The van der Waals surface area contributed by atoms with Crippen molar-refractivity contribution >= 4 is 23.3 Å². The van der Waals surface area contributed by atoms with Crippen LogP contribution in [0.5, 0.6) is 0 Å². The van der Waals surface area contributed by atoms with Crippen LogP contribution in [0.25, 0.3) is 0 Å². The Balaban J connectivity index is 2.14. The average molecular weight is 276 g/mol. The predicted octanol–water partition coefficient (Wildman–Crippen LogP) is 4.56. The Kier molecular flexibility index (Phi) is 2.97. The molecule has 20 heavy (non-hydrogen) atoms. The highest BCUT2D eigenvalue weighted by Crippen LogP contribution is 2.42. The molecule has 0 N–H and O–H groups in total. The maximum absolute atomic E-state index is 13.1. The molecule has 0 aromatic heterocycles. The van der Waals surface area contributed by atoms with E-state index in [4.69, 9.17) is 0 Å². The van der Waals surface area contributed by atoms with Gasteiger partial charge in [-0.25, -0.2) is 0 Å². The third-order valence-corrected chi connectivity index (χ3v) is 3.17. The fraction of sp³-hybridized carbons (Fsp3) is 0.133. The van der Waals surface area contributed by atoms with E-state index in [0.29, 0.717) is 17.9 Å². The number of hydrogen-bond donors (Lipinski definition) is 0. The van der Waals surface area contributed by atoms with E-state index in [1.165, 1.54) is 12.1 Å². The summed E-state index contributed by atoms with van der Waals surface area (Å²) in [5.74, 6) is 0. The molecule has 0 saturated carbocycles. The molecule has 0 fully saturated rings. The normalized spacial score (nSPS) is 14.2. The molecule has 1 heterocycles. The van der Waals surface area contributed by atoms with E-state index in [2.05, 4.69) is 4.99 Å². The van der Waals surface area contributed by atoms with Crippen molar-refractivity contribution in [2.24, 2.45) is 4.99 Å². The van der Waals surface area contributed by atoms with Gasteiger partial charge in [-0.05, 0) is 24.3 Å². The zero-order chi connectivity index (χ0) is 14.2. The number of aliphatic imine (C=N–C) groups is 1. The van der Waals surface area contributed by atoms with Gasteiger partial charge in [0.05, 0.1) is 29.2 Å². The number of fused-ring (bicyclic) bond motifs is 1. The monoisotopic (exact) mass is 276 g/mol. The quantitative estimate of drug-likeness (QED) is 0.745. The lowest BCUT2D eigenvalue weighted by Gasteiger charge is -2.29. The highest BCUT2D eigenvalue weighted by atomic mass is 19.4. The van der Waals surface area contributed by atoms with E-state index in [9.17, 15) is 13.2 Å². The van der Waals surface area contributed by atoms with E-state index >= 15 is 0 Å². The lowest BCUT2D eigenvalue weighted by molar-refractivity contribution is -0.137. The average Bonchev–Trinajstić information content (AvgIpc) is 2.46. The number of hydrogen-bond acceptors (Lipinski definition) is 2. The third-order valence-electron chi connectivity index (χ3n) is 3.17. The van der Waals surface area contributed by atoms with Crippen LogP contribution in [-0.4, -0.2) is 12.8 Å². The van der Waals surface area contributed by atoms with Crippen molar-refractivity contribution in [3.8, 4) is 0 Å². The van der Waals surface area contributed by atoms with Gasteiger partial charge in [-0.3, -0.25) is 4.99 Å². The van der Waals surface area contributed by atoms with Crippen molar-refractivity contribution in [3.05, 3.63) is 54.1 Å². The van der Waals surface area contributed by atoms with Crippen LogP contribution in [0.4, 0.5) is 30.2 Å². The van der Waals surface area contributed by atoms with Crippen molar-refractivity contribution in [2.45, 2.75) is 6.18 Å². The van der Waals surface area contributed by atoms with Crippen LogP contribution in [0.1, 0.15) is 5.56 Å². The summed E-state index contributed by atoms with van der Waals surface area (Å²) in [6.45, 7) is 0.324. The molecule has 2 aromatic carbocycles. The summed E-state index contributed by atoms with van der Waals surface area (Å²) in [6, 6.07) is 12.8. The summed E-state index contributed by atoms with van der Waals surface area (Å²) in [6.07, 6.45) is -2.75. The van der Waals surface area contributed by atoms with Gasteiger partial charge >= 0.3 is 6.18 Å². The van der Waals surface area contributed by atoms with Crippen molar-refractivity contribution in [2.75, 3.05) is 11.4 Å². The number of anilines is 2. The topological polar surface area (TPSA) is 15.6 Å². The number of nitrogens with zero attached hydrogens (tertiary/aromatic N) is 2. The van der Waals surface area contributed by atoms with Gasteiger partial charge in [-0.1, -0.05) is 24.3 Å². The smallest absolute Gasteiger partial charge is 0.334 e. The fourth-order valence-corrected chi connectivity index (χ4v) is 2.30. The zero-order valence-corrected chi connectivity index (χ0v) is 10.4. The molecule has 3 rings (SSSR count). The molecule has 0 amide bonds. The molecule has 5 heteroatoms. The maximum atomic E-state index is 13.1. The van der Waals surface area contributed by atoms with Gasteiger partial charge < -0.3 is 4.90 Å². The highest BCUT2D eigenvalue weighted by Gasteiger charge is 2.35. The van der Waals surface area contributed by atoms with Crippen LogP contribution in [-0.2, 0) is 6.18 Å². The van der Waals surface area contributed by atoms with Gasteiger partial charge in [0.2, 0.25) is 0 Å². The molecular weight excluding hydrogens is 265 g/mol. The first-order valence-electron chi connectivity index (χ1n) is 6.13. The second-order valence-corrected chi connectivity index (χ2v) is 4.43.